The van der Waals surface area contributed by atoms with Crippen molar-refractivity contribution in [3.63, 3.8) is 0 Å². The predicted octanol–water partition coefficient (Wildman–Crippen LogP) is 1.48. The minimum atomic E-state index is -1.17. The van der Waals surface area contributed by atoms with Crippen molar-refractivity contribution in [2.75, 3.05) is 26.7 Å². The number of fused-ring (bicyclic) bond motifs is 1. The summed E-state index contributed by atoms with van der Waals surface area (Å²) in [5.74, 6) is -0.749. The van der Waals surface area contributed by atoms with E-state index in [2.05, 4.69) is 10.3 Å². The van der Waals surface area contributed by atoms with Gasteiger partial charge >= 0.3 is 6.09 Å². The van der Waals surface area contributed by atoms with E-state index in [0.717, 1.165) is 11.3 Å². The zero-order valence-electron chi connectivity index (χ0n) is 21.6. The second-order valence-corrected chi connectivity index (χ2v) is 10.3. The van der Waals surface area contributed by atoms with Gasteiger partial charge < -0.3 is 25.4 Å². The molecule has 0 radical (unpaired) electrons. The second-order valence-electron chi connectivity index (χ2n) is 10.3. The molecule has 37 heavy (non-hydrogen) atoms. The summed E-state index contributed by atoms with van der Waals surface area (Å²) < 4.78 is 11.5. The van der Waals surface area contributed by atoms with E-state index in [4.69, 9.17) is 15.2 Å². The molecule has 0 aliphatic carbocycles. The van der Waals surface area contributed by atoms with Gasteiger partial charge in [-0.05, 0) is 31.5 Å². The van der Waals surface area contributed by atoms with Crippen LogP contribution in [0.3, 0.4) is 0 Å². The number of aromatic nitrogens is 1. The van der Waals surface area contributed by atoms with Gasteiger partial charge in [0.05, 0.1) is 18.8 Å². The smallest absolute Gasteiger partial charge is 0.410 e. The normalized spacial score (nSPS) is 22.3. The molecule has 1 aromatic heterocycles. The number of ether oxygens (including phenoxy) is 2. The molecule has 1 unspecified atom stereocenters. The molecule has 3 amide bonds. The molecule has 4 rings (SSSR count). The van der Waals surface area contributed by atoms with Crippen molar-refractivity contribution in [1.29, 1.82) is 0 Å². The van der Waals surface area contributed by atoms with Gasteiger partial charge in [-0.2, -0.15) is 0 Å². The Labute approximate surface area is 217 Å². The van der Waals surface area contributed by atoms with Crippen molar-refractivity contribution in [2.24, 2.45) is 5.73 Å². The van der Waals surface area contributed by atoms with Crippen LogP contribution in [0.4, 0.5) is 4.79 Å². The van der Waals surface area contributed by atoms with E-state index in [1.54, 1.807) is 36.9 Å². The first kappa shape index (κ1) is 26.6. The fraction of sp³-hybridized carbons (Fsp3) is 0.481. The highest BCUT2D eigenvalue weighted by Crippen LogP contribution is 2.38. The summed E-state index contributed by atoms with van der Waals surface area (Å²) in [7, 11) is 1.69. The standard InChI is InChI=1S/C27H35N5O5/c1-26(2,28)24(34)30-21(17-36-16-19-9-5-4-6-10-19)23(33)32-14-12-22-27(18-32,31(3)25(35)37-22)15-20-11-7-8-13-29-20/h4-11,13,21-22H,12,14-18,28H2,1-3H3,(H,30,34)/t21-,22?,27-/m1/s1. The Hall–Kier alpha value is -3.50. The number of nitrogens with one attached hydrogen (secondary N) is 1. The first-order chi connectivity index (χ1) is 17.6. The van der Waals surface area contributed by atoms with Crippen LogP contribution >= 0.6 is 0 Å². The summed E-state index contributed by atoms with van der Waals surface area (Å²) in [4.78, 5) is 46.8. The third kappa shape index (κ3) is 5.91. The van der Waals surface area contributed by atoms with E-state index >= 15 is 0 Å². The molecule has 198 valence electrons. The van der Waals surface area contributed by atoms with Gasteiger partial charge in [-0.15, -0.1) is 0 Å². The van der Waals surface area contributed by atoms with E-state index in [9.17, 15) is 14.4 Å². The summed E-state index contributed by atoms with van der Waals surface area (Å²) in [6.45, 7) is 4.06. The number of nitrogens with two attached hydrogens (primary N) is 1. The van der Waals surface area contributed by atoms with Gasteiger partial charge in [0.15, 0.2) is 0 Å². The van der Waals surface area contributed by atoms with E-state index in [1.807, 2.05) is 48.5 Å². The Bertz CT molecular complexity index is 1110. The number of piperidine rings is 1. The van der Waals surface area contributed by atoms with Crippen molar-refractivity contribution >= 4 is 17.9 Å². The van der Waals surface area contributed by atoms with Gasteiger partial charge in [0.25, 0.3) is 0 Å². The van der Waals surface area contributed by atoms with Gasteiger partial charge in [0.1, 0.15) is 17.7 Å². The molecule has 10 heteroatoms. The van der Waals surface area contributed by atoms with E-state index in [-0.39, 0.29) is 25.2 Å². The summed E-state index contributed by atoms with van der Waals surface area (Å²) >= 11 is 0. The number of hydrogen-bond donors (Lipinski definition) is 2. The summed E-state index contributed by atoms with van der Waals surface area (Å²) in [5, 5.41) is 2.78. The van der Waals surface area contributed by atoms with Crippen LogP contribution in [0.1, 0.15) is 31.5 Å². The Morgan fingerprint density at radius 3 is 2.65 bits per heavy atom. The molecule has 3 atom stereocenters. The Kier molecular flexibility index (Phi) is 7.79. The Morgan fingerprint density at radius 1 is 1.24 bits per heavy atom. The van der Waals surface area contributed by atoms with Crippen molar-refractivity contribution in [1.82, 2.24) is 20.1 Å². The number of likely N-dealkylation sites (tertiary alicyclic amines) is 1. The number of carbonyl (C=O) groups is 3. The molecule has 2 aromatic rings. The molecule has 1 aromatic carbocycles. The number of benzene rings is 1. The molecule has 0 saturated carbocycles. The molecule has 2 aliphatic heterocycles. The van der Waals surface area contributed by atoms with Crippen LogP contribution in [0.25, 0.3) is 0 Å². The molecule has 3 N–H and O–H groups in total. The lowest BCUT2D eigenvalue weighted by atomic mass is 9.81. The highest BCUT2D eigenvalue weighted by Gasteiger charge is 2.57. The molecule has 2 aliphatic rings. The van der Waals surface area contributed by atoms with Crippen LogP contribution < -0.4 is 11.1 Å². The average Bonchev–Trinajstić information content (AvgIpc) is 3.12. The third-order valence-electron chi connectivity index (χ3n) is 7.02. The molecule has 10 nitrogen and oxygen atoms in total. The largest absolute Gasteiger partial charge is 0.443 e. The second kappa shape index (κ2) is 10.9. The van der Waals surface area contributed by atoms with Crippen LogP contribution in [-0.4, -0.2) is 82.7 Å². The predicted molar refractivity (Wildman–Crippen MR) is 136 cm³/mol. The van der Waals surface area contributed by atoms with Crippen LogP contribution in [0.2, 0.25) is 0 Å². The quantitative estimate of drug-likeness (QED) is 0.524. The lowest BCUT2D eigenvalue weighted by molar-refractivity contribution is -0.143. The van der Waals surface area contributed by atoms with E-state index < -0.39 is 29.1 Å². The maximum atomic E-state index is 13.8. The summed E-state index contributed by atoms with van der Waals surface area (Å²) in [5.41, 5.74) is 5.80. The molecule has 0 bridgehead atoms. The summed E-state index contributed by atoms with van der Waals surface area (Å²) in [6.07, 6.45) is 1.82. The lowest BCUT2D eigenvalue weighted by Gasteiger charge is -2.46. The Morgan fingerprint density at radius 2 is 1.97 bits per heavy atom. The molecular formula is C27H35N5O5. The van der Waals surface area contributed by atoms with Crippen LogP contribution in [0, 0.1) is 0 Å². The minimum Gasteiger partial charge on any atom is -0.443 e. The fourth-order valence-corrected chi connectivity index (χ4v) is 4.83. The topological polar surface area (TPSA) is 127 Å². The molecule has 2 fully saturated rings. The van der Waals surface area contributed by atoms with E-state index in [0.29, 0.717) is 26.0 Å². The van der Waals surface area contributed by atoms with Crippen molar-refractivity contribution in [3.05, 3.63) is 66.0 Å². The molecule has 0 spiro atoms. The first-order valence-electron chi connectivity index (χ1n) is 12.4. The van der Waals surface area contributed by atoms with Gasteiger partial charge in [-0.25, -0.2) is 4.79 Å². The van der Waals surface area contributed by atoms with Gasteiger partial charge in [-0.1, -0.05) is 36.4 Å². The zero-order chi connectivity index (χ0) is 26.6. The molecule has 2 saturated heterocycles. The zero-order valence-corrected chi connectivity index (χ0v) is 21.6. The lowest BCUT2D eigenvalue weighted by Crippen LogP contribution is -2.66. The van der Waals surface area contributed by atoms with Crippen LogP contribution in [-0.2, 0) is 32.1 Å². The fourth-order valence-electron chi connectivity index (χ4n) is 4.83. The minimum absolute atomic E-state index is 0.0199. The van der Waals surface area contributed by atoms with E-state index in [1.165, 1.54) is 0 Å². The summed E-state index contributed by atoms with van der Waals surface area (Å²) in [6, 6.07) is 14.3. The monoisotopic (exact) mass is 509 g/mol. The van der Waals surface area contributed by atoms with Crippen molar-refractivity contribution < 1.29 is 23.9 Å². The van der Waals surface area contributed by atoms with Crippen molar-refractivity contribution in [2.45, 2.75) is 56.5 Å². The van der Waals surface area contributed by atoms with Gasteiger partial charge in [0.2, 0.25) is 11.8 Å². The molecular weight excluding hydrogens is 474 g/mol. The average molecular weight is 510 g/mol. The van der Waals surface area contributed by atoms with Crippen LogP contribution in [0.15, 0.2) is 54.7 Å². The van der Waals surface area contributed by atoms with Gasteiger partial charge in [0, 0.05) is 44.9 Å². The highest BCUT2D eigenvalue weighted by molar-refractivity contribution is 5.91. The number of likely N-dealkylation sites (N-methyl/N-ethyl adjacent to an activating group) is 1. The number of pyridine rings is 1. The van der Waals surface area contributed by atoms with Gasteiger partial charge in [-0.3, -0.25) is 19.5 Å². The maximum Gasteiger partial charge on any atom is 0.410 e. The highest BCUT2D eigenvalue weighted by atomic mass is 16.6. The number of carbonyl (C=O) groups excluding carboxylic acids is 3. The number of nitrogens with zero attached hydrogens (tertiary/aromatic N) is 3. The number of hydrogen-bond acceptors (Lipinski definition) is 7. The number of amides is 3. The third-order valence-corrected chi connectivity index (χ3v) is 7.02. The maximum absolute atomic E-state index is 13.8. The van der Waals surface area contributed by atoms with Crippen molar-refractivity contribution in [3.8, 4) is 0 Å². The Balaban J connectivity index is 1.53. The SMILES string of the molecule is CN1C(=O)OC2CCN(C(=O)[C@@H](COCc3ccccc3)NC(=O)C(C)(C)N)C[C@]21Cc1ccccn1. The van der Waals surface area contributed by atoms with Crippen LogP contribution in [0.5, 0.6) is 0 Å². The molecule has 3 heterocycles. The number of rotatable bonds is 9. The first-order valence-corrected chi connectivity index (χ1v) is 12.4.